The first kappa shape index (κ1) is 18.1. The largest absolute Gasteiger partial charge is 0.481 e. The topological polar surface area (TPSA) is 105 Å². The highest BCUT2D eigenvalue weighted by Crippen LogP contribution is 2.06. The van der Waals surface area contributed by atoms with Crippen LogP contribution in [0.1, 0.15) is 26.7 Å². The van der Waals surface area contributed by atoms with Crippen molar-refractivity contribution in [2.24, 2.45) is 5.92 Å². The number of ether oxygens (including phenoxy) is 1. The Bertz CT molecular complexity index is 368. The second kappa shape index (κ2) is 9.96. The summed E-state index contributed by atoms with van der Waals surface area (Å²) in [6.45, 7) is 8.15. The lowest BCUT2D eigenvalue weighted by Gasteiger charge is -2.10. The number of aliphatic carboxylic acids is 1. The average Bonchev–Trinajstić information content (AvgIpc) is 2.25. The maximum absolute atomic E-state index is 11.4. The molecule has 0 fully saturated rings. The minimum Gasteiger partial charge on any atom is -0.481 e. The highest BCUT2D eigenvalue weighted by atomic mass is 16.5. The lowest BCUT2D eigenvalue weighted by atomic mass is 10.0. The molecular weight excluding hydrogens is 264 g/mol. The molecule has 0 aliphatic rings. The predicted octanol–water partition coefficient (Wildman–Crippen LogP) is 0.906. The summed E-state index contributed by atoms with van der Waals surface area (Å²) in [6.07, 6.45) is -0.115. The van der Waals surface area contributed by atoms with Crippen LogP contribution in [0.25, 0.3) is 0 Å². The van der Waals surface area contributed by atoms with Crippen molar-refractivity contribution >= 4 is 17.9 Å². The van der Waals surface area contributed by atoms with Gasteiger partial charge in [0.05, 0.1) is 13.2 Å². The van der Waals surface area contributed by atoms with Crippen molar-refractivity contribution in [3.63, 3.8) is 0 Å². The van der Waals surface area contributed by atoms with Gasteiger partial charge in [-0.05, 0) is 12.8 Å². The smallest absolute Gasteiger partial charge is 0.321 e. The number of hydrogen-bond acceptors (Lipinski definition) is 4. The van der Waals surface area contributed by atoms with Crippen LogP contribution in [0, 0.1) is 5.92 Å². The molecule has 20 heavy (non-hydrogen) atoms. The van der Waals surface area contributed by atoms with Gasteiger partial charge in [-0.1, -0.05) is 19.1 Å². The van der Waals surface area contributed by atoms with E-state index in [1.807, 2.05) is 6.92 Å². The molecule has 7 nitrogen and oxygen atoms in total. The van der Waals surface area contributed by atoms with E-state index >= 15 is 0 Å². The molecule has 0 aromatic heterocycles. The Morgan fingerprint density at radius 2 is 1.95 bits per heavy atom. The van der Waals surface area contributed by atoms with Crippen molar-refractivity contribution < 1.29 is 24.2 Å². The molecule has 3 N–H and O–H groups in total. The zero-order valence-electron chi connectivity index (χ0n) is 11.9. The van der Waals surface area contributed by atoms with Crippen LogP contribution in [0.2, 0.25) is 0 Å². The van der Waals surface area contributed by atoms with E-state index in [-0.39, 0.29) is 25.3 Å². The molecule has 0 bridgehead atoms. The van der Waals surface area contributed by atoms with Gasteiger partial charge in [0.25, 0.3) is 0 Å². The molecular formula is C13H22N2O5. The van der Waals surface area contributed by atoms with Gasteiger partial charge in [0, 0.05) is 19.4 Å². The molecule has 0 heterocycles. The number of rotatable bonds is 9. The minimum atomic E-state index is -0.968. The summed E-state index contributed by atoms with van der Waals surface area (Å²) in [5.41, 5.74) is 0.886. The molecule has 0 aromatic rings. The third kappa shape index (κ3) is 11.2. The summed E-state index contributed by atoms with van der Waals surface area (Å²) in [4.78, 5) is 33.2. The molecule has 0 rings (SSSR count). The Hall–Kier alpha value is -1.89. The third-order valence-electron chi connectivity index (χ3n) is 2.19. The average molecular weight is 286 g/mol. The van der Waals surface area contributed by atoms with Crippen LogP contribution >= 0.6 is 0 Å². The number of imide groups is 1. The second-order valence-electron chi connectivity index (χ2n) is 4.72. The fourth-order valence-electron chi connectivity index (χ4n) is 1.39. The summed E-state index contributed by atoms with van der Waals surface area (Å²) in [7, 11) is 0. The Labute approximate surface area is 118 Å². The predicted molar refractivity (Wildman–Crippen MR) is 73.2 cm³/mol. The van der Waals surface area contributed by atoms with E-state index in [1.54, 1.807) is 6.92 Å². The van der Waals surface area contributed by atoms with E-state index in [1.165, 1.54) is 0 Å². The zero-order valence-corrected chi connectivity index (χ0v) is 11.9. The Balaban J connectivity index is 3.72. The van der Waals surface area contributed by atoms with E-state index in [0.29, 0.717) is 13.2 Å². The number of hydrogen-bond donors (Lipinski definition) is 3. The maximum atomic E-state index is 11.4. The van der Waals surface area contributed by atoms with E-state index in [0.717, 1.165) is 5.57 Å². The summed E-state index contributed by atoms with van der Waals surface area (Å²) >= 11 is 0. The van der Waals surface area contributed by atoms with Crippen molar-refractivity contribution in [3.8, 4) is 0 Å². The first-order valence-electron chi connectivity index (χ1n) is 6.32. The van der Waals surface area contributed by atoms with Crippen LogP contribution < -0.4 is 10.6 Å². The van der Waals surface area contributed by atoms with Gasteiger partial charge in [-0.15, -0.1) is 0 Å². The lowest BCUT2D eigenvalue weighted by Crippen LogP contribution is -2.41. The van der Waals surface area contributed by atoms with Crippen molar-refractivity contribution in [1.82, 2.24) is 10.6 Å². The Kier molecular flexibility index (Phi) is 9.02. The number of carbonyl (C=O) groups is 3. The normalized spacial score (nSPS) is 11.5. The van der Waals surface area contributed by atoms with E-state index in [4.69, 9.17) is 9.84 Å². The molecule has 114 valence electrons. The molecule has 1 unspecified atom stereocenters. The molecule has 0 aromatic carbocycles. The minimum absolute atomic E-state index is 0.00806. The van der Waals surface area contributed by atoms with Crippen molar-refractivity contribution in [1.29, 1.82) is 0 Å². The maximum Gasteiger partial charge on any atom is 0.321 e. The summed E-state index contributed by atoms with van der Waals surface area (Å²) in [6, 6.07) is -0.614. The van der Waals surface area contributed by atoms with E-state index in [9.17, 15) is 14.4 Å². The van der Waals surface area contributed by atoms with Gasteiger partial charge in [-0.25, -0.2) is 4.79 Å². The second-order valence-corrected chi connectivity index (χ2v) is 4.72. The molecule has 0 aliphatic heterocycles. The summed E-state index contributed by atoms with van der Waals surface area (Å²) in [5.74, 6) is -1.79. The van der Waals surface area contributed by atoms with Gasteiger partial charge >= 0.3 is 12.0 Å². The van der Waals surface area contributed by atoms with Gasteiger partial charge in [-0.2, -0.15) is 0 Å². The van der Waals surface area contributed by atoms with Crippen LogP contribution in [0.4, 0.5) is 4.79 Å². The standard InChI is InChI=1S/C13H22N2O5/c1-9(2)8-20-5-4-14-13(19)15-11(16)6-10(3)7-12(17)18/h10H,1,4-8H2,2-3H3,(H,17,18)(H2,14,15,16,19). The molecule has 3 amide bonds. The SMILES string of the molecule is C=C(C)COCCNC(=O)NC(=O)CC(C)CC(=O)O. The number of carboxylic acids is 1. The number of urea groups is 1. The van der Waals surface area contributed by atoms with Crippen molar-refractivity contribution in [2.45, 2.75) is 26.7 Å². The molecule has 0 saturated heterocycles. The molecule has 0 spiro atoms. The fourth-order valence-corrected chi connectivity index (χ4v) is 1.39. The third-order valence-corrected chi connectivity index (χ3v) is 2.19. The molecule has 0 saturated carbocycles. The summed E-state index contributed by atoms with van der Waals surface area (Å²) < 4.78 is 5.17. The van der Waals surface area contributed by atoms with Crippen molar-refractivity contribution in [3.05, 3.63) is 12.2 Å². The van der Waals surface area contributed by atoms with Crippen LogP contribution in [0.15, 0.2) is 12.2 Å². The zero-order chi connectivity index (χ0) is 15.5. The van der Waals surface area contributed by atoms with Gasteiger partial charge in [0.1, 0.15) is 0 Å². The highest BCUT2D eigenvalue weighted by molar-refractivity contribution is 5.94. The Morgan fingerprint density at radius 3 is 2.50 bits per heavy atom. The number of carbonyl (C=O) groups excluding carboxylic acids is 2. The van der Waals surface area contributed by atoms with Gasteiger partial charge in [-0.3, -0.25) is 14.9 Å². The fraction of sp³-hybridized carbons (Fsp3) is 0.615. The lowest BCUT2D eigenvalue weighted by molar-refractivity contribution is -0.138. The first-order chi connectivity index (χ1) is 9.31. The van der Waals surface area contributed by atoms with Crippen molar-refractivity contribution in [2.75, 3.05) is 19.8 Å². The van der Waals surface area contributed by atoms with Gasteiger partial charge in [0.2, 0.25) is 5.91 Å². The van der Waals surface area contributed by atoms with Crippen LogP contribution in [-0.4, -0.2) is 42.8 Å². The highest BCUT2D eigenvalue weighted by Gasteiger charge is 2.14. The van der Waals surface area contributed by atoms with Gasteiger partial charge in [0.15, 0.2) is 0 Å². The molecule has 0 radical (unpaired) electrons. The van der Waals surface area contributed by atoms with Crippen LogP contribution in [0.5, 0.6) is 0 Å². The van der Waals surface area contributed by atoms with E-state index < -0.39 is 17.9 Å². The number of carboxylic acid groups (broad SMARTS) is 1. The van der Waals surface area contributed by atoms with Crippen LogP contribution in [0.3, 0.4) is 0 Å². The Morgan fingerprint density at radius 1 is 1.30 bits per heavy atom. The molecule has 1 atom stereocenters. The first-order valence-corrected chi connectivity index (χ1v) is 6.32. The summed E-state index contributed by atoms with van der Waals surface area (Å²) in [5, 5.41) is 13.1. The number of amides is 3. The molecule has 7 heteroatoms. The number of nitrogens with one attached hydrogen (secondary N) is 2. The molecule has 0 aliphatic carbocycles. The van der Waals surface area contributed by atoms with E-state index in [2.05, 4.69) is 17.2 Å². The quantitative estimate of drug-likeness (QED) is 0.431. The van der Waals surface area contributed by atoms with Gasteiger partial charge < -0.3 is 15.2 Å². The monoisotopic (exact) mass is 286 g/mol. The van der Waals surface area contributed by atoms with Crippen LogP contribution in [-0.2, 0) is 14.3 Å².